The van der Waals surface area contributed by atoms with Crippen LogP contribution >= 0.6 is 0 Å². The molecule has 214 valence electrons. The number of rotatable bonds is 3. The summed E-state index contributed by atoms with van der Waals surface area (Å²) in [6.45, 7) is 0. The maximum Gasteiger partial charge on any atom is 0.0950 e. The van der Waals surface area contributed by atoms with Gasteiger partial charge in [0.25, 0.3) is 0 Å². The van der Waals surface area contributed by atoms with Gasteiger partial charge in [-0.15, -0.1) is 0 Å². The van der Waals surface area contributed by atoms with Crippen molar-refractivity contribution < 1.29 is 0 Å². The molecular formula is C42H26N4. The summed E-state index contributed by atoms with van der Waals surface area (Å²) in [6, 6.07) is 55.9. The van der Waals surface area contributed by atoms with E-state index in [0.29, 0.717) is 0 Å². The number of hydrogen-bond donors (Lipinski definition) is 0. The third-order valence-corrected chi connectivity index (χ3v) is 9.27. The van der Waals surface area contributed by atoms with Crippen LogP contribution in [0.25, 0.3) is 88.5 Å². The van der Waals surface area contributed by atoms with Gasteiger partial charge in [-0.25, -0.2) is 9.97 Å². The van der Waals surface area contributed by atoms with Gasteiger partial charge in [0, 0.05) is 21.9 Å². The van der Waals surface area contributed by atoms with Gasteiger partial charge in [-0.3, -0.25) is 0 Å². The first-order chi connectivity index (χ1) is 22.8. The molecule has 0 saturated heterocycles. The molecule has 0 atom stereocenters. The molecule has 4 nitrogen and oxygen atoms in total. The van der Waals surface area contributed by atoms with Crippen LogP contribution < -0.4 is 0 Å². The number of benzene rings is 6. The maximum absolute atomic E-state index is 5.15. The zero-order chi connectivity index (χ0) is 30.2. The van der Waals surface area contributed by atoms with Crippen LogP contribution in [0.2, 0.25) is 0 Å². The molecule has 0 saturated carbocycles. The van der Waals surface area contributed by atoms with Crippen molar-refractivity contribution in [3.63, 3.8) is 0 Å². The predicted octanol–water partition coefficient (Wildman–Crippen LogP) is 10.6. The van der Waals surface area contributed by atoms with E-state index in [2.05, 4.69) is 167 Å². The molecule has 10 rings (SSSR count). The highest BCUT2D eigenvalue weighted by Crippen LogP contribution is 2.35. The van der Waals surface area contributed by atoms with Crippen molar-refractivity contribution in [3.8, 4) is 33.6 Å². The quantitative estimate of drug-likeness (QED) is 0.206. The number of aromatic nitrogens is 4. The highest BCUT2D eigenvalue weighted by atomic mass is 15.0. The molecule has 0 fully saturated rings. The van der Waals surface area contributed by atoms with Gasteiger partial charge < -0.3 is 8.80 Å². The van der Waals surface area contributed by atoms with Crippen LogP contribution in [0.4, 0.5) is 0 Å². The lowest BCUT2D eigenvalue weighted by atomic mass is 10.00. The molecule has 0 aliphatic heterocycles. The van der Waals surface area contributed by atoms with Crippen molar-refractivity contribution >= 4 is 54.9 Å². The fraction of sp³-hybridized carbons (Fsp3) is 0. The molecule has 10 aromatic rings. The molecule has 0 unspecified atom stereocenters. The van der Waals surface area contributed by atoms with Gasteiger partial charge >= 0.3 is 0 Å². The van der Waals surface area contributed by atoms with Gasteiger partial charge in [0.2, 0.25) is 0 Å². The van der Waals surface area contributed by atoms with Gasteiger partial charge in [0.1, 0.15) is 0 Å². The second-order valence-corrected chi connectivity index (χ2v) is 11.9. The molecule has 0 bridgehead atoms. The SMILES string of the molecule is c1ccc2c(c1)cc1c(-c3ccc(-c4ccc(-c5nc6ccccc6n6c5cc5ccccc56)cc4)cc3)nc3ccccc3n12. The molecule has 4 aromatic heterocycles. The largest absolute Gasteiger partial charge is 0.306 e. The average molecular weight is 587 g/mol. The molecule has 4 heteroatoms. The Labute approximate surface area is 264 Å². The summed E-state index contributed by atoms with van der Waals surface area (Å²) < 4.78 is 4.68. The van der Waals surface area contributed by atoms with Crippen molar-refractivity contribution in [2.45, 2.75) is 0 Å². The highest BCUT2D eigenvalue weighted by Gasteiger charge is 2.16. The van der Waals surface area contributed by atoms with Gasteiger partial charge in [-0.05, 0) is 59.7 Å². The second kappa shape index (κ2) is 9.62. The molecule has 0 N–H and O–H groups in total. The normalized spacial score (nSPS) is 11.9. The van der Waals surface area contributed by atoms with Crippen molar-refractivity contribution in [3.05, 3.63) is 158 Å². The van der Waals surface area contributed by atoms with Crippen LogP contribution in [0.5, 0.6) is 0 Å². The maximum atomic E-state index is 5.15. The van der Waals surface area contributed by atoms with E-state index in [1.165, 1.54) is 21.8 Å². The van der Waals surface area contributed by atoms with Crippen molar-refractivity contribution in [2.24, 2.45) is 0 Å². The molecule has 0 aliphatic carbocycles. The molecule has 0 aliphatic rings. The minimum absolute atomic E-state index is 0.985. The van der Waals surface area contributed by atoms with Crippen LogP contribution in [0.15, 0.2) is 158 Å². The summed E-state index contributed by atoms with van der Waals surface area (Å²) in [5.74, 6) is 0. The summed E-state index contributed by atoms with van der Waals surface area (Å²) >= 11 is 0. The third kappa shape index (κ3) is 3.67. The summed E-state index contributed by atoms with van der Waals surface area (Å²) in [4.78, 5) is 10.3. The Morgan fingerprint density at radius 1 is 0.304 bits per heavy atom. The van der Waals surface area contributed by atoms with Crippen molar-refractivity contribution in [1.82, 2.24) is 18.8 Å². The van der Waals surface area contributed by atoms with E-state index in [4.69, 9.17) is 9.97 Å². The summed E-state index contributed by atoms with van der Waals surface area (Å²) in [5.41, 5.74) is 15.3. The summed E-state index contributed by atoms with van der Waals surface area (Å²) in [7, 11) is 0. The summed E-state index contributed by atoms with van der Waals surface area (Å²) in [5, 5.41) is 2.43. The Balaban J connectivity index is 1.06. The number of fused-ring (bicyclic) bond motifs is 10. The van der Waals surface area contributed by atoms with Gasteiger partial charge in [-0.2, -0.15) is 0 Å². The Kier molecular flexibility index (Phi) is 5.25. The first-order valence-corrected chi connectivity index (χ1v) is 15.6. The number of para-hydroxylation sites is 6. The van der Waals surface area contributed by atoms with E-state index in [-0.39, 0.29) is 0 Å². The molecule has 0 radical (unpaired) electrons. The zero-order valence-corrected chi connectivity index (χ0v) is 24.8. The first kappa shape index (κ1) is 25.1. The Bertz CT molecular complexity index is 2590. The molecular weight excluding hydrogens is 560 g/mol. The standard InChI is InChI=1S/C42H26N4/c1-5-13-35-31(9-1)25-39-41(43-33-11-3-7-15-37(33)45(35)39)29-21-17-27(18-22-29)28-19-23-30(24-20-28)42-40-26-32-10-2-6-14-36(32)46(40)38-16-8-4-12-34(38)44-42/h1-26H. The smallest absolute Gasteiger partial charge is 0.0950 e. The minimum atomic E-state index is 0.985. The number of hydrogen-bond acceptors (Lipinski definition) is 2. The monoisotopic (exact) mass is 586 g/mol. The topological polar surface area (TPSA) is 34.6 Å². The lowest BCUT2D eigenvalue weighted by Gasteiger charge is -2.11. The van der Waals surface area contributed by atoms with Gasteiger partial charge in [0.05, 0.1) is 55.5 Å². The Morgan fingerprint density at radius 2 is 0.652 bits per heavy atom. The lowest BCUT2D eigenvalue weighted by Crippen LogP contribution is -1.95. The lowest BCUT2D eigenvalue weighted by molar-refractivity contribution is 1.27. The molecule has 4 heterocycles. The van der Waals surface area contributed by atoms with Crippen LogP contribution in [-0.2, 0) is 0 Å². The van der Waals surface area contributed by atoms with Crippen LogP contribution in [0.1, 0.15) is 0 Å². The zero-order valence-electron chi connectivity index (χ0n) is 24.8. The van der Waals surface area contributed by atoms with E-state index in [0.717, 1.165) is 66.7 Å². The average Bonchev–Trinajstić information content (AvgIpc) is 3.71. The first-order valence-electron chi connectivity index (χ1n) is 15.6. The van der Waals surface area contributed by atoms with E-state index >= 15 is 0 Å². The van der Waals surface area contributed by atoms with Crippen LogP contribution in [-0.4, -0.2) is 18.8 Å². The Hall–Kier alpha value is -6.26. The predicted molar refractivity (Wildman–Crippen MR) is 190 cm³/mol. The van der Waals surface area contributed by atoms with E-state index in [1.807, 2.05) is 0 Å². The molecule has 46 heavy (non-hydrogen) atoms. The van der Waals surface area contributed by atoms with Crippen LogP contribution in [0.3, 0.4) is 0 Å². The van der Waals surface area contributed by atoms with E-state index in [9.17, 15) is 0 Å². The van der Waals surface area contributed by atoms with Gasteiger partial charge in [0.15, 0.2) is 0 Å². The van der Waals surface area contributed by atoms with E-state index < -0.39 is 0 Å². The van der Waals surface area contributed by atoms with Gasteiger partial charge in [-0.1, -0.05) is 109 Å². The Morgan fingerprint density at radius 3 is 1.09 bits per heavy atom. The molecule has 0 spiro atoms. The van der Waals surface area contributed by atoms with Crippen LogP contribution in [0, 0.1) is 0 Å². The fourth-order valence-corrected chi connectivity index (χ4v) is 7.09. The van der Waals surface area contributed by atoms with Crippen molar-refractivity contribution in [2.75, 3.05) is 0 Å². The third-order valence-electron chi connectivity index (χ3n) is 9.27. The molecule has 6 aromatic carbocycles. The minimum Gasteiger partial charge on any atom is -0.306 e. The molecule has 0 amide bonds. The fourth-order valence-electron chi connectivity index (χ4n) is 7.09. The van der Waals surface area contributed by atoms with Crippen molar-refractivity contribution in [1.29, 1.82) is 0 Å². The highest BCUT2D eigenvalue weighted by molar-refractivity contribution is 6.00. The van der Waals surface area contributed by atoms with E-state index in [1.54, 1.807) is 0 Å². The summed E-state index contributed by atoms with van der Waals surface area (Å²) in [6.07, 6.45) is 0. The second-order valence-electron chi connectivity index (χ2n) is 11.9. The number of nitrogens with zero attached hydrogens (tertiary/aromatic N) is 4.